The summed E-state index contributed by atoms with van der Waals surface area (Å²) in [6.45, 7) is 29.3. The maximum atomic E-state index is 2.58. The van der Waals surface area contributed by atoms with Crippen LogP contribution in [0.3, 0.4) is 0 Å². The van der Waals surface area contributed by atoms with Gasteiger partial charge in [-0.25, -0.2) is 0 Å². The van der Waals surface area contributed by atoms with Crippen LogP contribution >= 0.6 is 24.8 Å². The minimum Gasteiger partial charge on any atom is -0.147 e. The second-order valence-corrected chi connectivity index (χ2v) is 61.3. The van der Waals surface area contributed by atoms with E-state index in [1.165, 1.54) is 25.7 Å². The fraction of sp³-hybridized carbons (Fsp3) is 0.556. The van der Waals surface area contributed by atoms with Crippen molar-refractivity contribution in [1.82, 2.24) is 0 Å². The van der Waals surface area contributed by atoms with Crippen molar-refractivity contribution >= 4 is 35.8 Å². The van der Waals surface area contributed by atoms with Crippen LogP contribution in [0.25, 0.3) is 0 Å². The Morgan fingerprint density at radius 3 is 0.762 bits per heavy atom. The molecule has 0 saturated heterocycles. The van der Waals surface area contributed by atoms with Crippen LogP contribution in [0.2, 0.25) is 26.2 Å². The zero-order valence-electron chi connectivity index (χ0n) is 28.6. The van der Waals surface area contributed by atoms with Gasteiger partial charge in [-0.15, -0.1) is 24.8 Å². The molecule has 0 aromatic carbocycles. The van der Waals surface area contributed by atoms with E-state index in [0.717, 1.165) is 0 Å². The van der Waals surface area contributed by atoms with Crippen molar-refractivity contribution < 1.29 is 40.1 Å². The second-order valence-electron chi connectivity index (χ2n) is 13.5. The first-order valence-corrected chi connectivity index (χ1v) is 38.8. The zero-order chi connectivity index (χ0) is 29.7. The third kappa shape index (κ3) is 9.84. The molecule has 0 aromatic heterocycles. The SMILES string of the molecule is CC(C)C1=[C]([Hf]([C]2=C(C(C)C)C=CC2)=[Si](C)C)CC=C1.CC(C)C1=[C]([Hf]([C]2=C(C(C)C)C=CC2)=[Si](C)C)CC=C1.Cl.Cl. The smallest absolute Gasteiger partial charge is 0.147 e. The Labute approximate surface area is 288 Å². The Balaban J connectivity index is 0.000000401. The van der Waals surface area contributed by atoms with Gasteiger partial charge in [0.2, 0.25) is 0 Å². The molecule has 0 unspecified atom stereocenters. The van der Waals surface area contributed by atoms with Crippen LogP contribution in [-0.2, 0) is 40.1 Å². The van der Waals surface area contributed by atoms with Gasteiger partial charge in [-0.05, 0) is 0 Å². The first-order valence-electron chi connectivity index (χ1n) is 15.8. The van der Waals surface area contributed by atoms with Crippen LogP contribution in [0.5, 0.6) is 0 Å². The summed E-state index contributed by atoms with van der Waals surface area (Å²) < 4.78 is 7.78. The normalized spacial score (nSPS) is 17.3. The van der Waals surface area contributed by atoms with E-state index in [9.17, 15) is 0 Å². The molecular formula is C36H58Cl2Hf2Si2. The second kappa shape index (κ2) is 18.7. The Hall–Kier alpha value is 0.674. The Morgan fingerprint density at radius 1 is 0.429 bits per heavy atom. The maximum absolute atomic E-state index is 2.58. The molecule has 0 spiro atoms. The standard InChI is InChI=1S/4C8H11.2C2H6Si.2ClH.2Hf/c4*1-7(2)8-5-3-4-6-8;2*1-3-2;;;;/h4*3,5,7H,4H2,1-2H3;2*1-2H3;2*1H;;. The largest absolute Gasteiger partial charge is 0.147 e. The average molecular weight is 975 g/mol. The monoisotopic (exact) mass is 976 g/mol. The Kier molecular flexibility index (Phi) is 18.1. The summed E-state index contributed by atoms with van der Waals surface area (Å²) in [5.74, 6) is 2.84. The Morgan fingerprint density at radius 2 is 0.619 bits per heavy atom. The van der Waals surface area contributed by atoms with Gasteiger partial charge in [-0.3, -0.25) is 0 Å². The first kappa shape index (κ1) is 40.7. The molecule has 0 bridgehead atoms. The summed E-state index contributed by atoms with van der Waals surface area (Å²) in [6, 6.07) is 0. The number of rotatable bonds is 8. The number of allylic oxidation sites excluding steroid dienone is 16. The fourth-order valence-electron chi connectivity index (χ4n) is 6.81. The molecule has 4 rings (SSSR count). The minimum absolute atomic E-state index is 0. The molecule has 4 aliphatic rings. The van der Waals surface area contributed by atoms with Crippen LogP contribution in [0.15, 0.2) is 84.2 Å². The molecule has 0 N–H and O–H groups in total. The third-order valence-electron chi connectivity index (χ3n) is 8.57. The van der Waals surface area contributed by atoms with Crippen molar-refractivity contribution in [2.45, 2.75) is 107 Å². The molecule has 0 fully saturated rings. The van der Waals surface area contributed by atoms with E-state index in [1.807, 2.05) is 13.3 Å². The molecule has 0 nitrogen and oxygen atoms in total. The summed E-state index contributed by atoms with van der Waals surface area (Å²) in [5, 5.41) is 0. The minimum atomic E-state index is -1.78. The van der Waals surface area contributed by atoms with Gasteiger partial charge in [0.1, 0.15) is 0 Å². The number of hydrogen-bond acceptors (Lipinski definition) is 0. The average Bonchev–Trinajstić information content (AvgIpc) is 3.66. The van der Waals surface area contributed by atoms with Gasteiger partial charge >= 0.3 is 266 Å². The summed E-state index contributed by atoms with van der Waals surface area (Å²) >= 11 is -3.56. The van der Waals surface area contributed by atoms with Gasteiger partial charge in [-0.2, -0.15) is 0 Å². The van der Waals surface area contributed by atoms with E-state index in [-0.39, 0.29) is 35.8 Å². The van der Waals surface area contributed by atoms with Gasteiger partial charge in [-0.1, -0.05) is 0 Å². The van der Waals surface area contributed by atoms with E-state index >= 15 is 0 Å². The molecule has 0 aliphatic heterocycles. The van der Waals surface area contributed by atoms with Crippen molar-refractivity contribution in [3.8, 4) is 0 Å². The van der Waals surface area contributed by atoms with Crippen LogP contribution in [0.1, 0.15) is 81.1 Å². The third-order valence-corrected chi connectivity index (χ3v) is 57.8. The first-order chi connectivity index (χ1) is 18.9. The maximum Gasteiger partial charge on any atom is -0.147 e. The predicted octanol–water partition coefficient (Wildman–Crippen LogP) is 12.0. The summed E-state index contributed by atoms with van der Waals surface area (Å²) in [6.07, 6.45) is 24.6. The van der Waals surface area contributed by atoms with E-state index in [2.05, 4.69) is 130 Å². The molecular weight excluding hydrogens is 916 g/mol. The van der Waals surface area contributed by atoms with Gasteiger partial charge in [0, 0.05) is 0 Å². The van der Waals surface area contributed by atoms with Crippen LogP contribution in [0, 0.1) is 23.7 Å². The molecule has 6 heteroatoms. The van der Waals surface area contributed by atoms with Gasteiger partial charge in [0.25, 0.3) is 0 Å². The van der Waals surface area contributed by atoms with Crippen molar-refractivity contribution in [1.29, 1.82) is 0 Å². The van der Waals surface area contributed by atoms with Gasteiger partial charge in [0.05, 0.1) is 0 Å². The van der Waals surface area contributed by atoms with Crippen LogP contribution in [0.4, 0.5) is 0 Å². The van der Waals surface area contributed by atoms with Gasteiger partial charge < -0.3 is 0 Å². The number of halogens is 2. The van der Waals surface area contributed by atoms with Crippen molar-refractivity contribution in [2.24, 2.45) is 23.7 Å². The van der Waals surface area contributed by atoms with E-state index in [1.54, 1.807) is 22.3 Å². The molecule has 232 valence electrons. The molecule has 0 saturated carbocycles. The Bertz CT molecular complexity index is 1130. The number of hydrogen-bond donors (Lipinski definition) is 0. The van der Waals surface area contributed by atoms with Crippen LogP contribution in [-0.4, -0.2) is 11.0 Å². The molecule has 4 aliphatic carbocycles. The van der Waals surface area contributed by atoms with Crippen molar-refractivity contribution in [3.63, 3.8) is 0 Å². The summed E-state index contributed by atoms with van der Waals surface area (Å²) in [7, 11) is 0. The topological polar surface area (TPSA) is 0 Å². The van der Waals surface area contributed by atoms with E-state index < -0.39 is 40.1 Å². The fourth-order valence-corrected chi connectivity index (χ4v) is 60.1. The quantitative estimate of drug-likeness (QED) is 0.213. The molecule has 0 heterocycles. The van der Waals surface area contributed by atoms with E-state index in [0.29, 0.717) is 23.7 Å². The predicted molar refractivity (Wildman–Crippen MR) is 192 cm³/mol. The molecule has 42 heavy (non-hydrogen) atoms. The molecule has 0 aromatic rings. The van der Waals surface area contributed by atoms with E-state index in [4.69, 9.17) is 0 Å². The summed E-state index contributed by atoms with van der Waals surface area (Å²) in [4.78, 5) is 0. The zero-order valence-corrected chi connectivity index (χ0v) is 39.4. The van der Waals surface area contributed by atoms with Crippen LogP contribution < -0.4 is 0 Å². The molecule has 0 radical (unpaired) electrons. The van der Waals surface area contributed by atoms with Crippen molar-refractivity contribution in [3.05, 3.63) is 84.2 Å². The van der Waals surface area contributed by atoms with Crippen molar-refractivity contribution in [2.75, 3.05) is 0 Å². The summed E-state index contributed by atoms with van der Waals surface area (Å²) in [5.41, 5.74) is 6.53. The van der Waals surface area contributed by atoms with Gasteiger partial charge in [0.15, 0.2) is 0 Å². The molecule has 0 amide bonds. The molecule has 0 atom stereocenters.